The third-order valence-electron chi connectivity index (χ3n) is 2.33. The van der Waals surface area contributed by atoms with Crippen molar-refractivity contribution in [2.45, 2.75) is 17.5 Å². The second-order valence-electron chi connectivity index (χ2n) is 3.57. The van der Waals surface area contributed by atoms with Gasteiger partial charge in [0.25, 0.3) is 0 Å². The molecule has 5 heteroatoms. The highest BCUT2D eigenvalue weighted by atomic mass is 32.2. The van der Waals surface area contributed by atoms with Crippen LogP contribution in [-0.4, -0.2) is 28.5 Å². The number of ether oxygens (including phenoxy) is 1. The zero-order valence-corrected chi connectivity index (χ0v) is 10.6. The average molecular weight is 249 g/mol. The van der Waals surface area contributed by atoms with Crippen LogP contribution in [0, 0.1) is 0 Å². The first-order valence-corrected chi connectivity index (χ1v) is 6.42. The lowest BCUT2D eigenvalue weighted by Crippen LogP contribution is -2.04. The van der Waals surface area contributed by atoms with Gasteiger partial charge in [-0.2, -0.15) is 0 Å². The summed E-state index contributed by atoms with van der Waals surface area (Å²) in [6, 6.07) is 10.3. The minimum Gasteiger partial charge on any atom is -0.383 e. The lowest BCUT2D eigenvalue weighted by atomic mass is 10.2. The predicted molar refractivity (Wildman–Crippen MR) is 67.9 cm³/mol. The molecular formula is C12H15N3OS. The highest BCUT2D eigenvalue weighted by Crippen LogP contribution is 2.20. The number of aromatic nitrogens is 3. The Balaban J connectivity index is 1.92. The van der Waals surface area contributed by atoms with Gasteiger partial charge in [-0.1, -0.05) is 42.1 Å². The second kappa shape index (κ2) is 6.42. The summed E-state index contributed by atoms with van der Waals surface area (Å²) in [7, 11) is 1.70. The summed E-state index contributed by atoms with van der Waals surface area (Å²) < 4.78 is 7.06. The van der Waals surface area contributed by atoms with Crippen molar-refractivity contribution in [1.82, 2.24) is 14.8 Å². The molecule has 0 N–H and O–H groups in total. The molecule has 0 saturated carbocycles. The monoisotopic (exact) mass is 249 g/mol. The summed E-state index contributed by atoms with van der Waals surface area (Å²) in [5, 5.41) is 8.96. The lowest BCUT2D eigenvalue weighted by Gasteiger charge is -2.05. The van der Waals surface area contributed by atoms with E-state index in [4.69, 9.17) is 4.74 Å². The second-order valence-corrected chi connectivity index (χ2v) is 4.52. The van der Waals surface area contributed by atoms with Crippen LogP contribution >= 0.6 is 11.8 Å². The molecule has 90 valence electrons. The van der Waals surface area contributed by atoms with Gasteiger partial charge in [-0.25, -0.2) is 0 Å². The van der Waals surface area contributed by atoms with Gasteiger partial charge in [-0.05, 0) is 5.56 Å². The van der Waals surface area contributed by atoms with Crippen molar-refractivity contribution in [3.63, 3.8) is 0 Å². The molecule has 1 heterocycles. The minimum absolute atomic E-state index is 0.678. The van der Waals surface area contributed by atoms with Crippen LogP contribution in [0.2, 0.25) is 0 Å². The van der Waals surface area contributed by atoms with Gasteiger partial charge in [-0.15, -0.1) is 10.2 Å². The van der Waals surface area contributed by atoms with Crippen LogP contribution in [0.25, 0.3) is 0 Å². The van der Waals surface area contributed by atoms with E-state index < -0.39 is 0 Å². The Morgan fingerprint density at radius 3 is 2.88 bits per heavy atom. The largest absolute Gasteiger partial charge is 0.383 e. The maximum absolute atomic E-state index is 5.05. The van der Waals surface area contributed by atoms with E-state index in [1.165, 1.54) is 5.56 Å². The molecule has 0 aliphatic carbocycles. The Bertz CT molecular complexity index is 444. The quantitative estimate of drug-likeness (QED) is 0.736. The van der Waals surface area contributed by atoms with Gasteiger partial charge >= 0.3 is 0 Å². The first-order valence-electron chi connectivity index (χ1n) is 5.43. The number of benzene rings is 1. The summed E-state index contributed by atoms with van der Waals surface area (Å²) in [4.78, 5) is 0. The van der Waals surface area contributed by atoms with Crippen molar-refractivity contribution in [1.29, 1.82) is 0 Å². The summed E-state index contributed by atoms with van der Waals surface area (Å²) in [5.74, 6) is 0.909. The topological polar surface area (TPSA) is 39.9 Å². The Hall–Kier alpha value is -1.33. The number of nitrogens with zero attached hydrogens (tertiary/aromatic N) is 3. The molecule has 0 fully saturated rings. The van der Waals surface area contributed by atoms with Gasteiger partial charge < -0.3 is 9.30 Å². The normalized spacial score (nSPS) is 10.6. The van der Waals surface area contributed by atoms with Crippen LogP contribution in [0.15, 0.2) is 41.8 Å². The Morgan fingerprint density at radius 2 is 2.12 bits per heavy atom. The van der Waals surface area contributed by atoms with Crippen molar-refractivity contribution >= 4 is 11.8 Å². The molecule has 4 nitrogen and oxygen atoms in total. The molecule has 0 aliphatic rings. The zero-order valence-electron chi connectivity index (χ0n) is 9.74. The SMILES string of the molecule is COCCn1cnnc1SCc1ccccc1. The minimum atomic E-state index is 0.678. The number of thioether (sulfide) groups is 1. The fourth-order valence-electron chi connectivity index (χ4n) is 1.42. The summed E-state index contributed by atoms with van der Waals surface area (Å²) in [5.41, 5.74) is 1.29. The Kier molecular flexibility index (Phi) is 4.58. The molecule has 2 rings (SSSR count). The van der Waals surface area contributed by atoms with Crippen molar-refractivity contribution in [3.8, 4) is 0 Å². The van der Waals surface area contributed by atoms with Gasteiger partial charge in [0.2, 0.25) is 0 Å². The highest BCUT2D eigenvalue weighted by molar-refractivity contribution is 7.98. The zero-order chi connectivity index (χ0) is 11.9. The van der Waals surface area contributed by atoms with Gasteiger partial charge in [0.1, 0.15) is 6.33 Å². The van der Waals surface area contributed by atoms with Gasteiger partial charge in [0.15, 0.2) is 5.16 Å². The summed E-state index contributed by atoms with van der Waals surface area (Å²) in [6.07, 6.45) is 1.74. The Morgan fingerprint density at radius 1 is 1.29 bits per heavy atom. The standard InChI is InChI=1S/C12H15N3OS/c1-16-8-7-15-10-13-14-12(15)17-9-11-5-3-2-4-6-11/h2-6,10H,7-9H2,1H3. The van der Waals surface area contributed by atoms with Crippen molar-refractivity contribution in [3.05, 3.63) is 42.2 Å². The van der Waals surface area contributed by atoms with Crippen molar-refractivity contribution in [2.24, 2.45) is 0 Å². The molecule has 0 spiro atoms. The number of rotatable bonds is 6. The van der Waals surface area contributed by atoms with E-state index in [2.05, 4.69) is 22.3 Å². The van der Waals surface area contributed by atoms with E-state index in [0.717, 1.165) is 17.5 Å². The van der Waals surface area contributed by atoms with Crippen LogP contribution in [0.5, 0.6) is 0 Å². The number of hydrogen-bond acceptors (Lipinski definition) is 4. The fourth-order valence-corrected chi connectivity index (χ4v) is 2.32. The molecule has 0 atom stereocenters. The third-order valence-corrected chi connectivity index (χ3v) is 3.38. The van der Waals surface area contributed by atoms with Crippen LogP contribution in [0.1, 0.15) is 5.56 Å². The van der Waals surface area contributed by atoms with Crippen molar-refractivity contribution < 1.29 is 4.74 Å². The number of hydrogen-bond donors (Lipinski definition) is 0. The van der Waals surface area contributed by atoms with Crippen LogP contribution < -0.4 is 0 Å². The molecule has 0 radical (unpaired) electrons. The number of methoxy groups -OCH3 is 1. The van der Waals surface area contributed by atoms with E-state index in [-0.39, 0.29) is 0 Å². The van der Waals surface area contributed by atoms with Gasteiger partial charge in [-0.3, -0.25) is 0 Å². The molecule has 0 amide bonds. The van der Waals surface area contributed by atoms with E-state index in [0.29, 0.717) is 6.61 Å². The molecule has 0 bridgehead atoms. The maximum Gasteiger partial charge on any atom is 0.191 e. The molecule has 2 aromatic rings. The van der Waals surface area contributed by atoms with E-state index in [9.17, 15) is 0 Å². The lowest BCUT2D eigenvalue weighted by molar-refractivity contribution is 0.184. The van der Waals surface area contributed by atoms with Crippen LogP contribution in [0.3, 0.4) is 0 Å². The van der Waals surface area contributed by atoms with Crippen molar-refractivity contribution in [2.75, 3.05) is 13.7 Å². The maximum atomic E-state index is 5.05. The smallest absolute Gasteiger partial charge is 0.191 e. The van der Waals surface area contributed by atoms with Crippen LogP contribution in [0.4, 0.5) is 0 Å². The van der Waals surface area contributed by atoms with E-state index >= 15 is 0 Å². The molecular weight excluding hydrogens is 234 g/mol. The third kappa shape index (κ3) is 3.57. The van der Waals surface area contributed by atoms with Gasteiger partial charge in [0.05, 0.1) is 6.61 Å². The molecule has 1 aromatic carbocycles. The van der Waals surface area contributed by atoms with E-state index in [1.54, 1.807) is 25.2 Å². The fraction of sp³-hybridized carbons (Fsp3) is 0.333. The Labute approximate surface area is 105 Å². The highest BCUT2D eigenvalue weighted by Gasteiger charge is 2.04. The first kappa shape index (κ1) is 12.1. The van der Waals surface area contributed by atoms with E-state index in [1.807, 2.05) is 22.8 Å². The molecule has 0 aliphatic heterocycles. The molecule has 1 aromatic heterocycles. The summed E-state index contributed by atoms with van der Waals surface area (Å²) in [6.45, 7) is 1.47. The van der Waals surface area contributed by atoms with Gasteiger partial charge in [0, 0.05) is 19.4 Å². The first-order chi connectivity index (χ1) is 8.40. The average Bonchev–Trinajstić information content (AvgIpc) is 2.82. The summed E-state index contributed by atoms with van der Waals surface area (Å²) >= 11 is 1.69. The molecule has 0 unspecified atom stereocenters. The molecule has 17 heavy (non-hydrogen) atoms. The predicted octanol–water partition coefficient (Wildman–Crippen LogP) is 2.22. The van der Waals surface area contributed by atoms with Crippen LogP contribution in [-0.2, 0) is 17.0 Å². The molecule has 0 saturated heterocycles.